The van der Waals surface area contributed by atoms with Crippen LogP contribution in [0.5, 0.6) is 0 Å². The van der Waals surface area contributed by atoms with E-state index in [1.165, 1.54) is 12.1 Å². The Balaban J connectivity index is 2.27. The number of nitrogens with zero attached hydrogens (tertiary/aromatic N) is 3. The van der Waals surface area contributed by atoms with Crippen molar-refractivity contribution in [2.45, 2.75) is 46.0 Å². The van der Waals surface area contributed by atoms with E-state index in [2.05, 4.69) is 23.8 Å². The molecule has 2 heterocycles. The molecule has 3 rings (SSSR count). The molecular weight excluding hydrogens is 424 g/mol. The zero-order chi connectivity index (χ0) is 24.5. The first-order valence-electron chi connectivity index (χ1n) is 10.6. The maximum Gasteiger partial charge on any atom is 0.354 e. The van der Waals surface area contributed by atoms with Gasteiger partial charge in [0.05, 0.1) is 17.1 Å². The lowest BCUT2D eigenvalue weighted by molar-refractivity contribution is 0.0690. The molecule has 1 atom stereocenters. The number of benzene rings is 1. The van der Waals surface area contributed by atoms with E-state index in [-0.39, 0.29) is 28.8 Å². The fourth-order valence-corrected chi connectivity index (χ4v) is 3.54. The van der Waals surface area contributed by atoms with Gasteiger partial charge < -0.3 is 5.11 Å². The van der Waals surface area contributed by atoms with Crippen LogP contribution < -0.4 is 0 Å². The summed E-state index contributed by atoms with van der Waals surface area (Å²) in [6, 6.07) is 12.3. The van der Waals surface area contributed by atoms with Gasteiger partial charge in [0, 0.05) is 11.0 Å². The van der Waals surface area contributed by atoms with Crippen molar-refractivity contribution in [3.05, 3.63) is 82.3 Å². The summed E-state index contributed by atoms with van der Waals surface area (Å²) in [7, 11) is 0. The fraction of sp³-hybridized carbons (Fsp3) is 0.308. The quantitative estimate of drug-likeness (QED) is 0.493. The number of rotatable bonds is 6. The largest absolute Gasteiger partial charge is 0.477 e. The summed E-state index contributed by atoms with van der Waals surface area (Å²) in [5.41, 5.74) is 0.675. The van der Waals surface area contributed by atoms with Crippen molar-refractivity contribution in [2.24, 2.45) is 5.92 Å². The molecule has 0 aliphatic heterocycles. The molecule has 3 aromatic rings. The highest BCUT2D eigenvalue weighted by Crippen LogP contribution is 2.36. The van der Waals surface area contributed by atoms with Crippen molar-refractivity contribution in [3.63, 3.8) is 0 Å². The minimum Gasteiger partial charge on any atom is -0.477 e. The van der Waals surface area contributed by atoms with Crippen LogP contribution in [0.2, 0.25) is 0 Å². The molecule has 170 valence electrons. The predicted molar refractivity (Wildman–Crippen MR) is 121 cm³/mol. The average Bonchev–Trinajstić information content (AvgIpc) is 2.78. The Morgan fingerprint density at radius 2 is 1.76 bits per heavy atom. The summed E-state index contributed by atoms with van der Waals surface area (Å²) < 4.78 is 28.9. The van der Waals surface area contributed by atoms with Gasteiger partial charge in [0.1, 0.15) is 23.1 Å². The third-order valence-electron chi connectivity index (χ3n) is 6.10. The summed E-state index contributed by atoms with van der Waals surface area (Å²) in [5.74, 6) is -2.66. The van der Waals surface area contributed by atoms with Crippen molar-refractivity contribution in [2.75, 3.05) is 0 Å². The standard InChI is InChI=1S/C26H25F2N3O2/c1-14(2)15(3)16-11-21(17-9-10-19(27)18(13-29)24(17)28)31-23(12-16)26(4,5)22-8-6-7-20(30-22)25(32)33/h6-12,14-15H,1-5H3,(H,32,33). The van der Waals surface area contributed by atoms with Crippen LogP contribution in [0.25, 0.3) is 11.3 Å². The minimum atomic E-state index is -1.14. The first kappa shape index (κ1) is 24.0. The number of hydrogen-bond acceptors (Lipinski definition) is 4. The highest BCUT2D eigenvalue weighted by atomic mass is 19.1. The molecule has 0 fully saturated rings. The average molecular weight is 450 g/mol. The van der Waals surface area contributed by atoms with Gasteiger partial charge in [-0.25, -0.2) is 18.6 Å². The van der Waals surface area contributed by atoms with Gasteiger partial charge in [0.2, 0.25) is 0 Å². The molecule has 33 heavy (non-hydrogen) atoms. The Hall–Kier alpha value is -3.66. The van der Waals surface area contributed by atoms with Crippen LogP contribution in [0.15, 0.2) is 42.5 Å². The van der Waals surface area contributed by atoms with E-state index in [9.17, 15) is 19.6 Å². The Labute approximate surface area is 191 Å². The first-order valence-corrected chi connectivity index (χ1v) is 10.6. The fourth-order valence-electron chi connectivity index (χ4n) is 3.54. The van der Waals surface area contributed by atoms with Crippen LogP contribution in [0.4, 0.5) is 8.78 Å². The van der Waals surface area contributed by atoms with E-state index in [0.29, 0.717) is 11.4 Å². The third kappa shape index (κ3) is 4.61. The molecule has 5 nitrogen and oxygen atoms in total. The van der Waals surface area contributed by atoms with Gasteiger partial charge in [0.25, 0.3) is 0 Å². The second-order valence-corrected chi connectivity index (χ2v) is 8.94. The first-order chi connectivity index (χ1) is 15.5. The van der Waals surface area contributed by atoms with E-state index in [1.807, 2.05) is 26.8 Å². The van der Waals surface area contributed by atoms with Gasteiger partial charge in [-0.05, 0) is 67.6 Å². The molecule has 0 aliphatic rings. The van der Waals surface area contributed by atoms with E-state index < -0.39 is 28.6 Å². The number of carboxylic acid groups (broad SMARTS) is 1. The smallest absolute Gasteiger partial charge is 0.354 e. The van der Waals surface area contributed by atoms with Crippen LogP contribution in [0.3, 0.4) is 0 Å². The van der Waals surface area contributed by atoms with Crippen LogP contribution in [0, 0.1) is 28.9 Å². The summed E-state index contributed by atoms with van der Waals surface area (Å²) in [4.78, 5) is 20.4. The number of pyridine rings is 2. The van der Waals surface area contributed by atoms with Crippen LogP contribution in [-0.4, -0.2) is 21.0 Å². The molecule has 0 radical (unpaired) electrons. The molecule has 0 saturated carbocycles. The molecule has 7 heteroatoms. The van der Waals surface area contributed by atoms with E-state index in [4.69, 9.17) is 0 Å². The van der Waals surface area contributed by atoms with Crippen molar-refractivity contribution < 1.29 is 18.7 Å². The van der Waals surface area contributed by atoms with E-state index in [0.717, 1.165) is 11.6 Å². The molecule has 0 amide bonds. The molecule has 2 aromatic heterocycles. The van der Waals surface area contributed by atoms with E-state index >= 15 is 4.39 Å². The number of aromatic nitrogens is 2. The summed E-state index contributed by atoms with van der Waals surface area (Å²) >= 11 is 0. The molecule has 1 aromatic carbocycles. The van der Waals surface area contributed by atoms with Gasteiger partial charge in [-0.1, -0.05) is 26.8 Å². The number of aromatic carboxylic acids is 1. The Bertz CT molecular complexity index is 1260. The zero-order valence-corrected chi connectivity index (χ0v) is 19.1. The molecule has 0 bridgehead atoms. The molecule has 0 spiro atoms. The van der Waals surface area contributed by atoms with Crippen molar-refractivity contribution >= 4 is 5.97 Å². The van der Waals surface area contributed by atoms with E-state index in [1.54, 1.807) is 24.3 Å². The Morgan fingerprint density at radius 1 is 1.06 bits per heavy atom. The maximum absolute atomic E-state index is 15.0. The highest BCUT2D eigenvalue weighted by Gasteiger charge is 2.30. The Morgan fingerprint density at radius 3 is 2.36 bits per heavy atom. The van der Waals surface area contributed by atoms with Crippen molar-refractivity contribution in [3.8, 4) is 17.3 Å². The van der Waals surface area contributed by atoms with Gasteiger partial charge in [-0.15, -0.1) is 0 Å². The van der Waals surface area contributed by atoms with Crippen molar-refractivity contribution in [1.29, 1.82) is 5.26 Å². The molecule has 1 unspecified atom stereocenters. The molecular formula is C26H25F2N3O2. The lowest BCUT2D eigenvalue weighted by Crippen LogP contribution is -2.24. The summed E-state index contributed by atoms with van der Waals surface area (Å²) in [6.07, 6.45) is 0. The van der Waals surface area contributed by atoms with Crippen LogP contribution >= 0.6 is 0 Å². The van der Waals surface area contributed by atoms with Crippen LogP contribution in [0.1, 0.15) is 73.5 Å². The lowest BCUT2D eigenvalue weighted by Gasteiger charge is -2.27. The van der Waals surface area contributed by atoms with Crippen molar-refractivity contribution in [1.82, 2.24) is 9.97 Å². The molecule has 0 aliphatic carbocycles. The predicted octanol–water partition coefficient (Wildman–Crippen LogP) is 6.08. The zero-order valence-electron chi connectivity index (χ0n) is 19.1. The number of hydrogen-bond donors (Lipinski definition) is 1. The number of halogens is 2. The Kier molecular flexibility index (Phi) is 6.59. The van der Waals surface area contributed by atoms with Crippen LogP contribution in [-0.2, 0) is 5.41 Å². The summed E-state index contributed by atoms with van der Waals surface area (Å²) in [6.45, 7) is 9.91. The SMILES string of the molecule is CC(C)C(C)c1cc(-c2ccc(F)c(C#N)c2F)nc(C(C)(C)c2cccc(C(=O)O)n2)c1. The van der Waals surface area contributed by atoms with Gasteiger partial charge in [-0.3, -0.25) is 4.98 Å². The number of carbonyl (C=O) groups is 1. The third-order valence-corrected chi connectivity index (χ3v) is 6.10. The monoisotopic (exact) mass is 449 g/mol. The van der Waals surface area contributed by atoms with Gasteiger partial charge >= 0.3 is 5.97 Å². The second kappa shape index (κ2) is 9.07. The molecule has 0 saturated heterocycles. The normalized spacial score (nSPS) is 12.5. The number of carboxylic acids is 1. The van der Waals surface area contributed by atoms with Gasteiger partial charge in [-0.2, -0.15) is 5.26 Å². The lowest BCUT2D eigenvalue weighted by atomic mass is 9.81. The minimum absolute atomic E-state index is 0.0232. The number of nitriles is 1. The molecule has 1 N–H and O–H groups in total. The summed E-state index contributed by atoms with van der Waals surface area (Å²) in [5, 5.41) is 18.5. The second-order valence-electron chi connectivity index (χ2n) is 8.94. The van der Waals surface area contributed by atoms with Gasteiger partial charge in [0.15, 0.2) is 5.82 Å². The maximum atomic E-state index is 15.0. The topological polar surface area (TPSA) is 86.9 Å². The highest BCUT2D eigenvalue weighted by molar-refractivity contribution is 5.85.